The summed E-state index contributed by atoms with van der Waals surface area (Å²) in [4.78, 5) is 29.8. The Morgan fingerprint density at radius 1 is 0.781 bits per heavy atom. The van der Waals surface area contributed by atoms with Crippen molar-refractivity contribution in [3.63, 3.8) is 0 Å². The van der Waals surface area contributed by atoms with Crippen LogP contribution in [-0.2, 0) is 37.8 Å². The fourth-order valence-corrected chi connectivity index (χ4v) is 2.24. The number of aromatic nitrogens is 2. The van der Waals surface area contributed by atoms with Crippen molar-refractivity contribution in [3.05, 3.63) is 60.6 Å². The minimum absolute atomic E-state index is 0.333. The number of aryl methyl sites for hydroxylation is 2. The summed E-state index contributed by atoms with van der Waals surface area (Å²) >= 11 is 1.28. The molecule has 9 heteroatoms. The third-order valence-electron chi connectivity index (χ3n) is 3.56. The van der Waals surface area contributed by atoms with Crippen molar-refractivity contribution >= 4 is 57.5 Å². The number of hydrogen-bond donors (Lipinski definition) is 0. The average Bonchev–Trinajstić information content (AvgIpc) is 2.78. The van der Waals surface area contributed by atoms with Gasteiger partial charge >= 0.3 is 71.7 Å². The molecule has 0 N–H and O–H groups in total. The number of esters is 2. The van der Waals surface area contributed by atoms with Crippen LogP contribution in [0.3, 0.4) is 0 Å². The predicted octanol–water partition coefficient (Wildman–Crippen LogP) is 5.20. The number of ether oxygens (including phenoxy) is 2. The van der Waals surface area contributed by atoms with E-state index in [1.807, 2.05) is 26.0 Å². The van der Waals surface area contributed by atoms with Crippen LogP contribution in [0.1, 0.15) is 11.4 Å². The molecule has 0 aliphatic heterocycles. The molecule has 3 rings (SSSR count). The van der Waals surface area contributed by atoms with Gasteiger partial charge in [-0.05, 0) is 26.0 Å². The van der Waals surface area contributed by atoms with Crippen LogP contribution in [0.2, 0.25) is 17.3 Å². The van der Waals surface area contributed by atoms with Crippen molar-refractivity contribution in [1.29, 1.82) is 0 Å². The van der Waals surface area contributed by atoms with Crippen LogP contribution >= 0.6 is 9.42 Å². The van der Waals surface area contributed by atoms with E-state index in [2.05, 4.69) is 70.4 Å². The Bertz CT molecular complexity index is 923. The third-order valence-corrected chi connectivity index (χ3v) is 3.56. The first-order chi connectivity index (χ1) is 15.2. The molecule has 0 aliphatic carbocycles. The van der Waals surface area contributed by atoms with Gasteiger partial charge in [-0.25, -0.2) is 0 Å². The van der Waals surface area contributed by atoms with Gasteiger partial charge in [0.25, 0.3) is 0 Å². The zero-order valence-electron chi connectivity index (χ0n) is 19.3. The number of methoxy groups -OCH3 is 2. The molecule has 0 bridgehead atoms. The van der Waals surface area contributed by atoms with Crippen molar-refractivity contribution in [2.24, 2.45) is 0 Å². The number of nitrogens with zero attached hydrogens (tertiary/aromatic N) is 2. The molecule has 3 radical (unpaired) electrons. The van der Waals surface area contributed by atoms with Crippen LogP contribution in [0.15, 0.2) is 36.4 Å². The zero-order chi connectivity index (χ0) is 24.7. The molecular weight excluding hydrogens is 671 g/mol. The van der Waals surface area contributed by atoms with E-state index < -0.39 is 11.9 Å². The van der Waals surface area contributed by atoms with Gasteiger partial charge < -0.3 is 9.47 Å². The summed E-state index contributed by atoms with van der Waals surface area (Å²) in [7, 11) is 7.06. The summed E-state index contributed by atoms with van der Waals surface area (Å²) < 4.78 is 8.42. The summed E-state index contributed by atoms with van der Waals surface area (Å²) in [6, 6.07) is 12.5. The minimum atomic E-state index is -0.578. The standard InChI is InChI=1S/C14H12N2.C6H8O4.C3H9Ge.ClH.Pt/c1-9-3-5-11-7-8-12-6-4-10(2)16-14(12)13(11)15-9;1-9-5(7)3-4-6(8)10-2;1-4(2)3;;/h3-8H,1-2H3;3-4H,1-2H3;1-3H3;1H;/q;;;;+1/p-1. The van der Waals surface area contributed by atoms with E-state index in [1.54, 1.807) is 18.8 Å². The first kappa shape index (κ1) is 30.5. The van der Waals surface area contributed by atoms with E-state index in [9.17, 15) is 9.59 Å². The van der Waals surface area contributed by atoms with E-state index in [0.717, 1.165) is 46.0 Å². The number of carbonyl (C=O) groups excluding carboxylic acids is 2. The maximum absolute atomic E-state index is 10.3. The Morgan fingerprint density at radius 3 is 1.34 bits per heavy atom. The van der Waals surface area contributed by atoms with Crippen molar-refractivity contribution in [2.75, 3.05) is 14.2 Å². The van der Waals surface area contributed by atoms with E-state index in [1.165, 1.54) is 14.2 Å². The topological polar surface area (TPSA) is 78.4 Å². The first-order valence-corrected chi connectivity index (χ1v) is 18.6. The number of rotatable bonds is 3. The van der Waals surface area contributed by atoms with Crippen molar-refractivity contribution < 1.29 is 37.8 Å². The molecule has 0 spiro atoms. The molecule has 0 fully saturated rings. The number of halogens is 1. The van der Waals surface area contributed by atoms with Crippen LogP contribution in [0.5, 0.6) is 0 Å². The van der Waals surface area contributed by atoms with Crippen LogP contribution in [0.4, 0.5) is 0 Å². The molecule has 3 aromatic rings. The monoisotopic (exact) mass is 701 g/mol. The molecule has 0 atom stereocenters. The van der Waals surface area contributed by atoms with Gasteiger partial charge in [0.15, 0.2) is 0 Å². The summed E-state index contributed by atoms with van der Waals surface area (Å²) in [5.41, 5.74) is 4.06. The fraction of sp³-hybridized carbons (Fsp3) is 0.304. The second-order valence-corrected chi connectivity index (χ2v) is 13.3. The molecule has 1 aromatic carbocycles. The van der Waals surface area contributed by atoms with Gasteiger partial charge in [0.1, 0.15) is 0 Å². The molecule has 2 aromatic heterocycles. The van der Waals surface area contributed by atoms with Gasteiger partial charge in [-0.1, -0.05) is 24.3 Å². The molecule has 32 heavy (non-hydrogen) atoms. The van der Waals surface area contributed by atoms with Crippen molar-refractivity contribution in [1.82, 2.24) is 9.97 Å². The summed E-state index contributed by atoms with van der Waals surface area (Å²) in [6.45, 7) is 4.02. The molecule has 0 unspecified atom stereocenters. The molecule has 0 amide bonds. The van der Waals surface area contributed by atoms with Gasteiger partial charge in [0, 0.05) is 22.2 Å². The van der Waals surface area contributed by atoms with E-state index in [0.29, 0.717) is 0 Å². The number of carbonyl (C=O) groups is 2. The Kier molecular flexibility index (Phi) is 16.2. The number of hydrogen-bond acceptors (Lipinski definition) is 6. The molecule has 176 valence electrons. The number of fused-ring (bicyclic) bond motifs is 3. The third kappa shape index (κ3) is 11.9. The molecule has 0 saturated heterocycles. The molecule has 0 aliphatic rings. The van der Waals surface area contributed by atoms with Gasteiger partial charge in [0.2, 0.25) is 0 Å². The van der Waals surface area contributed by atoms with Crippen LogP contribution in [0.25, 0.3) is 21.8 Å². The normalized spacial score (nSPS) is 9.59. The Morgan fingerprint density at radius 2 is 1.06 bits per heavy atom. The van der Waals surface area contributed by atoms with E-state index in [4.69, 9.17) is 0 Å². The summed E-state index contributed by atoms with van der Waals surface area (Å²) in [5.74, 6) is 5.84. The number of pyridine rings is 2. The van der Waals surface area contributed by atoms with Crippen molar-refractivity contribution in [3.8, 4) is 0 Å². The fourth-order valence-electron chi connectivity index (χ4n) is 2.24. The van der Waals surface area contributed by atoms with Gasteiger partial charge in [-0.2, -0.15) is 0 Å². The zero-order valence-corrected chi connectivity index (χ0v) is 24.5. The van der Waals surface area contributed by atoms with Crippen molar-refractivity contribution in [2.45, 2.75) is 31.1 Å². The second-order valence-electron chi connectivity index (χ2n) is 6.99. The first-order valence-electron chi connectivity index (χ1n) is 9.54. The van der Waals surface area contributed by atoms with E-state index >= 15 is 0 Å². The second kappa shape index (κ2) is 17.0. The quantitative estimate of drug-likeness (QED) is 0.213. The summed E-state index contributed by atoms with van der Waals surface area (Å²) in [5, 5.41) is 2.30. The Balaban J connectivity index is 0.000000519. The van der Waals surface area contributed by atoms with Crippen LogP contribution in [-0.4, -0.2) is 50.5 Å². The van der Waals surface area contributed by atoms with Crippen LogP contribution < -0.4 is 0 Å². The van der Waals surface area contributed by atoms with Gasteiger partial charge in [-0.15, -0.1) is 0 Å². The predicted molar refractivity (Wildman–Crippen MR) is 128 cm³/mol. The average molecular weight is 701 g/mol. The molecule has 2 heterocycles. The Labute approximate surface area is 210 Å². The molecule has 0 saturated carbocycles. The number of benzene rings is 1. The van der Waals surface area contributed by atoms with Gasteiger partial charge in [0.05, 0.1) is 38.1 Å². The maximum atomic E-state index is 10.3. The van der Waals surface area contributed by atoms with E-state index in [-0.39, 0.29) is 14.3 Å². The Hall–Kier alpha value is -1.50. The molecular formula is C23H29ClGeN2O4Pt. The summed E-state index contributed by atoms with van der Waals surface area (Å²) in [6.07, 6.45) is 1.98. The van der Waals surface area contributed by atoms with Gasteiger partial charge in [-0.3, -0.25) is 19.6 Å². The SMILES string of the molecule is COC(=O)[CH][CH]C(=O)OC.Cc1ccc2ccc3ccc(C)nc3c2n1.[CH3][Ge]([CH3])[CH3].[Cl][Pt]. The van der Waals surface area contributed by atoms with Crippen LogP contribution in [0, 0.1) is 26.7 Å². The molecule has 6 nitrogen and oxygen atoms in total.